The zero-order valence-electron chi connectivity index (χ0n) is 17.4. The molecule has 27 heavy (non-hydrogen) atoms. The van der Waals surface area contributed by atoms with Gasteiger partial charge in [-0.3, -0.25) is 9.69 Å². The van der Waals surface area contributed by atoms with E-state index in [4.69, 9.17) is 18.9 Å². The second kappa shape index (κ2) is 9.73. The van der Waals surface area contributed by atoms with Crippen LogP contribution in [0.2, 0.25) is 0 Å². The zero-order chi connectivity index (χ0) is 20.0. The lowest BCUT2D eigenvalue weighted by atomic mass is 9.87. The molecule has 0 radical (unpaired) electrons. The van der Waals surface area contributed by atoms with Crippen molar-refractivity contribution in [1.82, 2.24) is 4.90 Å². The van der Waals surface area contributed by atoms with Gasteiger partial charge in [-0.05, 0) is 59.3 Å². The van der Waals surface area contributed by atoms with Crippen LogP contribution in [0.5, 0.6) is 0 Å². The third-order valence-electron chi connectivity index (χ3n) is 5.32. The standard InChI is InChI=1S/C20H35NO6/c1-20(2,3)27-19(23)21-15(12-24-4)8-9-16(21)13-26-17-10-6-14(7-11-17)18(22)25-5/h14-17H,6-13H2,1-5H3/t14?,15-,16-,17?/m0/s1. The van der Waals surface area contributed by atoms with Crippen molar-refractivity contribution < 1.29 is 28.5 Å². The first-order valence-corrected chi connectivity index (χ1v) is 9.94. The molecule has 7 nitrogen and oxygen atoms in total. The summed E-state index contributed by atoms with van der Waals surface area (Å²) in [5.41, 5.74) is -0.533. The van der Waals surface area contributed by atoms with Crippen molar-refractivity contribution >= 4 is 12.1 Å². The average Bonchev–Trinajstić information content (AvgIpc) is 3.01. The Bertz CT molecular complexity index is 495. The maximum absolute atomic E-state index is 12.7. The Morgan fingerprint density at radius 1 is 0.926 bits per heavy atom. The number of nitrogens with zero attached hydrogens (tertiary/aromatic N) is 1. The molecule has 0 aromatic carbocycles. The summed E-state index contributed by atoms with van der Waals surface area (Å²) in [4.78, 5) is 26.1. The van der Waals surface area contributed by atoms with Gasteiger partial charge < -0.3 is 18.9 Å². The molecule has 0 spiro atoms. The molecule has 0 aromatic rings. The minimum Gasteiger partial charge on any atom is -0.469 e. The number of amides is 1. The predicted octanol–water partition coefficient (Wildman–Crippen LogP) is 3.15. The van der Waals surface area contributed by atoms with Crippen LogP contribution in [0.4, 0.5) is 4.79 Å². The van der Waals surface area contributed by atoms with E-state index in [0.717, 1.165) is 38.5 Å². The van der Waals surface area contributed by atoms with Crippen LogP contribution in [0.25, 0.3) is 0 Å². The fourth-order valence-corrected chi connectivity index (χ4v) is 3.97. The number of esters is 1. The number of ether oxygens (including phenoxy) is 4. The van der Waals surface area contributed by atoms with Crippen LogP contribution in [-0.4, -0.2) is 68.2 Å². The van der Waals surface area contributed by atoms with Crippen molar-refractivity contribution in [2.24, 2.45) is 5.92 Å². The van der Waals surface area contributed by atoms with Crippen molar-refractivity contribution in [2.75, 3.05) is 27.4 Å². The molecular weight excluding hydrogens is 350 g/mol. The first kappa shape index (κ1) is 22.0. The average molecular weight is 386 g/mol. The smallest absolute Gasteiger partial charge is 0.410 e. The summed E-state index contributed by atoms with van der Waals surface area (Å²) in [6.45, 7) is 6.61. The van der Waals surface area contributed by atoms with Gasteiger partial charge in [-0.25, -0.2) is 4.79 Å². The third-order valence-corrected chi connectivity index (χ3v) is 5.32. The maximum atomic E-state index is 12.7. The number of methoxy groups -OCH3 is 2. The summed E-state index contributed by atoms with van der Waals surface area (Å²) in [5.74, 6) is -0.131. The summed E-state index contributed by atoms with van der Waals surface area (Å²) in [5, 5.41) is 0. The van der Waals surface area contributed by atoms with Gasteiger partial charge in [-0.2, -0.15) is 0 Å². The molecular formula is C20H35NO6. The topological polar surface area (TPSA) is 74.3 Å². The zero-order valence-corrected chi connectivity index (χ0v) is 17.4. The van der Waals surface area contributed by atoms with E-state index in [1.807, 2.05) is 20.8 Å². The molecule has 2 aliphatic rings. The van der Waals surface area contributed by atoms with E-state index in [9.17, 15) is 9.59 Å². The summed E-state index contributed by atoms with van der Waals surface area (Å²) in [7, 11) is 3.09. The SMILES string of the molecule is COC[C@@H]1CC[C@@H](COC2CCC(C(=O)OC)CC2)N1C(=O)OC(C)(C)C. The molecule has 1 amide bonds. The van der Waals surface area contributed by atoms with Gasteiger partial charge in [-0.15, -0.1) is 0 Å². The maximum Gasteiger partial charge on any atom is 0.410 e. The van der Waals surface area contributed by atoms with E-state index in [1.54, 1.807) is 12.0 Å². The van der Waals surface area contributed by atoms with E-state index in [2.05, 4.69) is 0 Å². The normalized spacial score (nSPS) is 28.9. The van der Waals surface area contributed by atoms with Gasteiger partial charge in [0.05, 0.1) is 44.4 Å². The van der Waals surface area contributed by atoms with E-state index < -0.39 is 5.60 Å². The Kier molecular flexibility index (Phi) is 7.91. The minimum absolute atomic E-state index is 0.00155. The van der Waals surface area contributed by atoms with E-state index in [-0.39, 0.29) is 36.2 Å². The summed E-state index contributed by atoms with van der Waals surface area (Å²) < 4.78 is 21.8. The highest BCUT2D eigenvalue weighted by molar-refractivity contribution is 5.72. The lowest BCUT2D eigenvalue weighted by Gasteiger charge is -2.33. The summed E-state index contributed by atoms with van der Waals surface area (Å²) in [6.07, 6.45) is 4.88. The number of carbonyl (C=O) groups is 2. The van der Waals surface area contributed by atoms with Crippen LogP contribution in [0.1, 0.15) is 59.3 Å². The lowest BCUT2D eigenvalue weighted by Crippen LogP contribution is -2.47. The van der Waals surface area contributed by atoms with Crippen LogP contribution >= 0.6 is 0 Å². The molecule has 1 saturated carbocycles. The van der Waals surface area contributed by atoms with Crippen LogP contribution in [0, 0.1) is 5.92 Å². The minimum atomic E-state index is -0.533. The van der Waals surface area contributed by atoms with Crippen molar-refractivity contribution in [3.63, 3.8) is 0 Å². The van der Waals surface area contributed by atoms with E-state index >= 15 is 0 Å². The molecule has 0 aromatic heterocycles. The molecule has 2 fully saturated rings. The predicted molar refractivity (Wildman–Crippen MR) is 100 cm³/mol. The second-order valence-corrected chi connectivity index (χ2v) is 8.56. The molecule has 2 rings (SSSR count). The first-order valence-electron chi connectivity index (χ1n) is 9.94. The second-order valence-electron chi connectivity index (χ2n) is 8.56. The fraction of sp³-hybridized carbons (Fsp3) is 0.900. The van der Waals surface area contributed by atoms with Crippen LogP contribution < -0.4 is 0 Å². The molecule has 1 aliphatic heterocycles. The van der Waals surface area contributed by atoms with Crippen molar-refractivity contribution in [1.29, 1.82) is 0 Å². The Morgan fingerprint density at radius 3 is 2.04 bits per heavy atom. The molecule has 1 aliphatic carbocycles. The molecule has 2 atom stereocenters. The molecule has 7 heteroatoms. The molecule has 1 saturated heterocycles. The Morgan fingerprint density at radius 2 is 1.52 bits per heavy atom. The molecule has 156 valence electrons. The number of carbonyl (C=O) groups excluding carboxylic acids is 2. The molecule has 1 heterocycles. The Balaban J connectivity index is 1.88. The van der Waals surface area contributed by atoms with Crippen LogP contribution in [-0.2, 0) is 23.7 Å². The van der Waals surface area contributed by atoms with Crippen molar-refractivity contribution in [3.8, 4) is 0 Å². The first-order chi connectivity index (χ1) is 12.7. The summed E-state index contributed by atoms with van der Waals surface area (Å²) in [6, 6.07) is 0.0202. The van der Waals surface area contributed by atoms with Gasteiger partial charge in [0.2, 0.25) is 0 Å². The number of hydrogen-bond acceptors (Lipinski definition) is 6. The van der Waals surface area contributed by atoms with Crippen molar-refractivity contribution in [2.45, 2.75) is 83.1 Å². The third kappa shape index (κ3) is 6.35. The van der Waals surface area contributed by atoms with Crippen molar-refractivity contribution in [3.05, 3.63) is 0 Å². The van der Waals surface area contributed by atoms with Crippen LogP contribution in [0.3, 0.4) is 0 Å². The Hall–Kier alpha value is -1.34. The van der Waals surface area contributed by atoms with Gasteiger partial charge in [0.25, 0.3) is 0 Å². The fourth-order valence-electron chi connectivity index (χ4n) is 3.97. The van der Waals surface area contributed by atoms with Gasteiger partial charge in [-0.1, -0.05) is 0 Å². The number of rotatable bonds is 6. The highest BCUT2D eigenvalue weighted by Crippen LogP contribution is 2.30. The molecule has 0 unspecified atom stereocenters. The number of likely N-dealkylation sites (tertiary alicyclic amines) is 1. The largest absolute Gasteiger partial charge is 0.469 e. The highest BCUT2D eigenvalue weighted by atomic mass is 16.6. The Labute approximate surface area is 162 Å². The summed E-state index contributed by atoms with van der Waals surface area (Å²) >= 11 is 0. The van der Waals surface area contributed by atoms with Crippen LogP contribution in [0.15, 0.2) is 0 Å². The van der Waals surface area contributed by atoms with E-state index in [1.165, 1.54) is 7.11 Å². The monoisotopic (exact) mass is 385 g/mol. The molecule has 0 N–H and O–H groups in total. The number of hydrogen-bond donors (Lipinski definition) is 0. The molecule has 0 bridgehead atoms. The van der Waals surface area contributed by atoms with Gasteiger partial charge in [0, 0.05) is 7.11 Å². The quantitative estimate of drug-likeness (QED) is 0.654. The van der Waals surface area contributed by atoms with Gasteiger partial charge in [0.1, 0.15) is 5.60 Å². The van der Waals surface area contributed by atoms with E-state index in [0.29, 0.717) is 13.2 Å². The van der Waals surface area contributed by atoms with Gasteiger partial charge >= 0.3 is 12.1 Å². The van der Waals surface area contributed by atoms with Gasteiger partial charge in [0.15, 0.2) is 0 Å². The lowest BCUT2D eigenvalue weighted by molar-refractivity contribution is -0.147. The highest BCUT2D eigenvalue weighted by Gasteiger charge is 2.40.